The standard InChI is InChI=1S/C12H14ClN3O/c13-11-7-10(9-14)8-12(15-11)17-6-5-16-3-1-2-4-16/h7-8H,1-6H2. The fourth-order valence-electron chi connectivity index (χ4n) is 1.90. The molecule has 0 radical (unpaired) electrons. The number of likely N-dealkylation sites (tertiary alicyclic amines) is 1. The molecule has 0 spiro atoms. The van der Waals surface area contributed by atoms with Crippen molar-refractivity contribution in [3.05, 3.63) is 22.8 Å². The van der Waals surface area contributed by atoms with Gasteiger partial charge in [-0.05, 0) is 32.0 Å². The molecule has 4 nitrogen and oxygen atoms in total. The molecule has 0 amide bonds. The number of hydrogen-bond acceptors (Lipinski definition) is 4. The lowest BCUT2D eigenvalue weighted by Gasteiger charge is -2.14. The average molecular weight is 252 g/mol. The SMILES string of the molecule is N#Cc1cc(Cl)nc(OCCN2CCCC2)c1. The zero-order valence-corrected chi connectivity index (χ0v) is 10.3. The van der Waals surface area contributed by atoms with Crippen molar-refractivity contribution in [2.75, 3.05) is 26.2 Å². The summed E-state index contributed by atoms with van der Waals surface area (Å²) in [6.07, 6.45) is 2.54. The molecule has 1 aromatic heterocycles. The summed E-state index contributed by atoms with van der Waals surface area (Å²) in [5.41, 5.74) is 0.473. The molecule has 1 saturated heterocycles. The average Bonchev–Trinajstić information content (AvgIpc) is 2.81. The Hall–Kier alpha value is -1.31. The van der Waals surface area contributed by atoms with Gasteiger partial charge in [-0.3, -0.25) is 4.90 Å². The van der Waals surface area contributed by atoms with E-state index in [2.05, 4.69) is 9.88 Å². The first-order chi connectivity index (χ1) is 8.28. The summed E-state index contributed by atoms with van der Waals surface area (Å²) in [6.45, 7) is 3.78. The molecule has 0 aliphatic carbocycles. The highest BCUT2D eigenvalue weighted by atomic mass is 35.5. The van der Waals surface area contributed by atoms with Crippen LogP contribution in [-0.4, -0.2) is 36.1 Å². The Morgan fingerprint density at radius 1 is 1.41 bits per heavy atom. The second kappa shape index (κ2) is 5.85. The van der Waals surface area contributed by atoms with Crippen molar-refractivity contribution in [1.29, 1.82) is 5.26 Å². The van der Waals surface area contributed by atoms with Gasteiger partial charge in [0.25, 0.3) is 0 Å². The molecule has 0 unspecified atom stereocenters. The lowest BCUT2D eigenvalue weighted by atomic mass is 10.3. The largest absolute Gasteiger partial charge is 0.476 e. The Balaban J connectivity index is 1.85. The smallest absolute Gasteiger partial charge is 0.216 e. The number of pyridine rings is 1. The van der Waals surface area contributed by atoms with Crippen LogP contribution in [0.1, 0.15) is 18.4 Å². The monoisotopic (exact) mass is 251 g/mol. The summed E-state index contributed by atoms with van der Waals surface area (Å²) in [6, 6.07) is 5.15. The second-order valence-corrected chi connectivity index (χ2v) is 4.41. The van der Waals surface area contributed by atoms with E-state index in [0.717, 1.165) is 19.6 Å². The van der Waals surface area contributed by atoms with E-state index >= 15 is 0 Å². The Morgan fingerprint density at radius 3 is 2.88 bits per heavy atom. The van der Waals surface area contributed by atoms with Gasteiger partial charge in [-0.15, -0.1) is 0 Å². The van der Waals surface area contributed by atoms with Crippen molar-refractivity contribution in [2.24, 2.45) is 0 Å². The van der Waals surface area contributed by atoms with Crippen LogP contribution >= 0.6 is 11.6 Å². The fraction of sp³-hybridized carbons (Fsp3) is 0.500. The third-order valence-electron chi connectivity index (χ3n) is 2.76. The molecule has 1 aliphatic rings. The van der Waals surface area contributed by atoms with E-state index in [-0.39, 0.29) is 0 Å². The van der Waals surface area contributed by atoms with Crippen molar-refractivity contribution >= 4 is 11.6 Å². The summed E-state index contributed by atoms with van der Waals surface area (Å²) in [5.74, 6) is 0.424. The molecule has 5 heteroatoms. The van der Waals surface area contributed by atoms with Gasteiger partial charge >= 0.3 is 0 Å². The first kappa shape index (κ1) is 12.2. The highest BCUT2D eigenvalue weighted by Gasteiger charge is 2.11. The molecule has 0 bridgehead atoms. The molecular weight excluding hydrogens is 238 g/mol. The van der Waals surface area contributed by atoms with E-state index in [4.69, 9.17) is 21.6 Å². The van der Waals surface area contributed by atoms with Crippen LogP contribution in [0.4, 0.5) is 0 Å². The van der Waals surface area contributed by atoms with E-state index in [1.165, 1.54) is 18.9 Å². The van der Waals surface area contributed by atoms with E-state index in [1.807, 2.05) is 6.07 Å². The lowest BCUT2D eigenvalue weighted by Crippen LogP contribution is -2.25. The second-order valence-electron chi connectivity index (χ2n) is 4.03. The molecule has 0 atom stereocenters. The van der Waals surface area contributed by atoms with Crippen molar-refractivity contribution < 1.29 is 4.74 Å². The molecule has 0 saturated carbocycles. The number of halogens is 1. The van der Waals surface area contributed by atoms with Crippen molar-refractivity contribution in [1.82, 2.24) is 9.88 Å². The summed E-state index contributed by atoms with van der Waals surface area (Å²) in [5, 5.41) is 9.08. The van der Waals surface area contributed by atoms with Crippen LogP contribution in [0.2, 0.25) is 5.15 Å². The summed E-state index contributed by atoms with van der Waals surface area (Å²) in [4.78, 5) is 6.38. The molecule has 0 aromatic carbocycles. The maximum atomic E-state index is 8.78. The van der Waals surface area contributed by atoms with E-state index in [0.29, 0.717) is 23.2 Å². The number of nitriles is 1. The first-order valence-corrected chi connectivity index (χ1v) is 6.08. The molecule has 1 aromatic rings. The van der Waals surface area contributed by atoms with Crippen molar-refractivity contribution in [2.45, 2.75) is 12.8 Å². The minimum Gasteiger partial charge on any atom is -0.476 e. The molecular formula is C12H14ClN3O. The van der Waals surface area contributed by atoms with Gasteiger partial charge < -0.3 is 4.74 Å². The number of rotatable bonds is 4. The van der Waals surface area contributed by atoms with Crippen LogP contribution in [0.5, 0.6) is 5.88 Å². The highest BCUT2D eigenvalue weighted by Crippen LogP contribution is 2.16. The maximum absolute atomic E-state index is 8.78. The maximum Gasteiger partial charge on any atom is 0.216 e. The first-order valence-electron chi connectivity index (χ1n) is 5.71. The van der Waals surface area contributed by atoms with Gasteiger partial charge in [0.2, 0.25) is 5.88 Å². The van der Waals surface area contributed by atoms with Crippen LogP contribution in [0, 0.1) is 11.3 Å². The molecule has 2 heterocycles. The van der Waals surface area contributed by atoms with E-state index < -0.39 is 0 Å². The van der Waals surface area contributed by atoms with E-state index in [9.17, 15) is 0 Å². The van der Waals surface area contributed by atoms with Gasteiger partial charge in [0, 0.05) is 12.6 Å². The predicted octanol–water partition coefficient (Wildman–Crippen LogP) is 2.08. The minimum atomic E-state index is 0.292. The van der Waals surface area contributed by atoms with Gasteiger partial charge in [0.05, 0.1) is 11.6 Å². The van der Waals surface area contributed by atoms with Crippen LogP contribution in [0.3, 0.4) is 0 Å². The topological polar surface area (TPSA) is 49.1 Å². The zero-order valence-electron chi connectivity index (χ0n) is 9.53. The van der Waals surface area contributed by atoms with Crippen LogP contribution in [0.25, 0.3) is 0 Å². The summed E-state index contributed by atoms with van der Waals surface area (Å²) < 4.78 is 5.50. The number of aromatic nitrogens is 1. The molecule has 0 N–H and O–H groups in total. The number of ether oxygens (including phenoxy) is 1. The molecule has 2 rings (SSSR count). The predicted molar refractivity (Wildman–Crippen MR) is 65.1 cm³/mol. The van der Waals surface area contributed by atoms with Gasteiger partial charge in [0.15, 0.2) is 0 Å². The summed E-state index contributed by atoms with van der Waals surface area (Å²) in [7, 11) is 0. The Labute approximate surface area is 106 Å². The Kier molecular flexibility index (Phi) is 4.18. The quantitative estimate of drug-likeness (QED) is 0.769. The van der Waals surface area contributed by atoms with Crippen molar-refractivity contribution in [3.8, 4) is 11.9 Å². The molecule has 1 fully saturated rings. The van der Waals surface area contributed by atoms with Gasteiger partial charge in [0.1, 0.15) is 11.8 Å². The van der Waals surface area contributed by atoms with Crippen LogP contribution in [-0.2, 0) is 0 Å². The third kappa shape index (κ3) is 3.58. The van der Waals surface area contributed by atoms with Gasteiger partial charge in [-0.2, -0.15) is 5.26 Å². The van der Waals surface area contributed by atoms with E-state index in [1.54, 1.807) is 6.07 Å². The van der Waals surface area contributed by atoms with Gasteiger partial charge in [-0.25, -0.2) is 4.98 Å². The number of nitrogens with zero attached hydrogens (tertiary/aromatic N) is 3. The zero-order chi connectivity index (χ0) is 12.1. The third-order valence-corrected chi connectivity index (χ3v) is 2.95. The Morgan fingerprint density at radius 2 is 2.18 bits per heavy atom. The molecule has 90 valence electrons. The fourth-order valence-corrected chi connectivity index (χ4v) is 2.10. The van der Waals surface area contributed by atoms with Crippen LogP contribution in [0.15, 0.2) is 12.1 Å². The van der Waals surface area contributed by atoms with Crippen molar-refractivity contribution in [3.63, 3.8) is 0 Å². The molecule has 17 heavy (non-hydrogen) atoms. The minimum absolute atomic E-state index is 0.292. The normalized spacial score (nSPS) is 15.8. The lowest BCUT2D eigenvalue weighted by molar-refractivity contribution is 0.232. The summed E-state index contributed by atoms with van der Waals surface area (Å²) >= 11 is 5.78. The van der Waals surface area contributed by atoms with Crippen LogP contribution < -0.4 is 4.74 Å². The number of hydrogen-bond donors (Lipinski definition) is 0. The molecule has 1 aliphatic heterocycles. The Bertz CT molecular complexity index is 424. The van der Waals surface area contributed by atoms with Gasteiger partial charge in [-0.1, -0.05) is 11.6 Å². The highest BCUT2D eigenvalue weighted by molar-refractivity contribution is 6.29.